The fraction of sp³-hybridized carbons (Fsp3) is 0.680. The van der Waals surface area contributed by atoms with E-state index in [-0.39, 0.29) is 5.38 Å². The molecule has 27 heavy (non-hydrogen) atoms. The van der Waals surface area contributed by atoms with Crippen molar-refractivity contribution < 1.29 is 5.11 Å². The minimum absolute atomic E-state index is 0.219. The Morgan fingerprint density at radius 3 is 2.07 bits per heavy atom. The predicted octanol–water partition coefficient (Wildman–Crippen LogP) is 7.35. The topological polar surface area (TPSA) is 20.2 Å². The third-order valence-corrected chi connectivity index (χ3v) is 5.60. The van der Waals surface area contributed by atoms with Gasteiger partial charge in [-0.05, 0) is 49.7 Å². The summed E-state index contributed by atoms with van der Waals surface area (Å²) in [7, 11) is 1.00. The van der Waals surface area contributed by atoms with Crippen LogP contribution in [0.25, 0.3) is 0 Å². The van der Waals surface area contributed by atoms with Crippen LogP contribution in [0.5, 0.6) is 0 Å². The fourth-order valence-corrected chi connectivity index (χ4v) is 3.73. The second-order valence-electron chi connectivity index (χ2n) is 7.17. The first-order valence-corrected chi connectivity index (χ1v) is 11.2. The zero-order valence-electron chi connectivity index (χ0n) is 18.2. The lowest BCUT2D eigenvalue weighted by Crippen LogP contribution is -2.11. The highest BCUT2D eigenvalue weighted by Gasteiger charge is 2.34. The third-order valence-electron chi connectivity index (χ3n) is 5.11. The SMILES string of the molecule is CC#CC1C(Cl)CCC1c1ccc(CCCCCC)cc1.CCCC.CO. The molecule has 0 aliphatic heterocycles. The number of aliphatic hydroxyl groups is 1. The second-order valence-corrected chi connectivity index (χ2v) is 7.73. The van der Waals surface area contributed by atoms with Crippen molar-refractivity contribution in [2.45, 2.75) is 96.8 Å². The fourth-order valence-electron chi connectivity index (χ4n) is 3.37. The molecule has 3 atom stereocenters. The van der Waals surface area contributed by atoms with E-state index in [1.54, 1.807) is 0 Å². The lowest BCUT2D eigenvalue weighted by atomic mass is 9.88. The Morgan fingerprint density at radius 2 is 1.56 bits per heavy atom. The third kappa shape index (κ3) is 10.2. The van der Waals surface area contributed by atoms with Gasteiger partial charge >= 0.3 is 0 Å². The summed E-state index contributed by atoms with van der Waals surface area (Å²) >= 11 is 6.43. The molecule has 0 bridgehead atoms. The summed E-state index contributed by atoms with van der Waals surface area (Å²) in [6.07, 6.45) is 11.4. The van der Waals surface area contributed by atoms with Crippen molar-refractivity contribution >= 4 is 11.6 Å². The van der Waals surface area contributed by atoms with Gasteiger partial charge in [-0.3, -0.25) is 0 Å². The number of rotatable bonds is 7. The molecule has 0 heterocycles. The average molecular weight is 393 g/mol. The predicted molar refractivity (Wildman–Crippen MR) is 122 cm³/mol. The normalized spacial score (nSPS) is 20.5. The molecule has 1 aromatic carbocycles. The summed E-state index contributed by atoms with van der Waals surface area (Å²) in [6.45, 7) is 8.54. The van der Waals surface area contributed by atoms with Crippen molar-refractivity contribution in [1.29, 1.82) is 0 Å². The Balaban J connectivity index is 0.000000998. The highest BCUT2D eigenvalue weighted by atomic mass is 35.5. The van der Waals surface area contributed by atoms with Crippen molar-refractivity contribution in [2.75, 3.05) is 7.11 Å². The van der Waals surface area contributed by atoms with Crippen molar-refractivity contribution in [3.05, 3.63) is 35.4 Å². The van der Waals surface area contributed by atoms with E-state index in [0.29, 0.717) is 11.8 Å². The Kier molecular flexibility index (Phi) is 16.5. The molecule has 154 valence electrons. The van der Waals surface area contributed by atoms with Gasteiger partial charge in [-0.15, -0.1) is 17.5 Å². The molecule has 0 spiro atoms. The number of alkyl halides is 1. The monoisotopic (exact) mass is 392 g/mol. The summed E-state index contributed by atoms with van der Waals surface area (Å²) < 4.78 is 0. The first kappa shape index (κ1) is 26.0. The number of hydrogen-bond acceptors (Lipinski definition) is 1. The van der Waals surface area contributed by atoms with Crippen LogP contribution < -0.4 is 0 Å². The number of aryl methyl sites for hydroxylation is 1. The summed E-state index contributed by atoms with van der Waals surface area (Å²) in [5.74, 6) is 7.23. The molecule has 1 N–H and O–H groups in total. The van der Waals surface area contributed by atoms with E-state index >= 15 is 0 Å². The molecule has 1 aromatic rings. The zero-order chi connectivity index (χ0) is 20.5. The molecule has 1 aliphatic carbocycles. The standard InChI is InChI=1S/C20H27Cl.C4H10.CH4O/c1-3-5-6-7-9-16-10-12-17(13-11-16)18-14-15-20(21)19(18)8-4-2;1-3-4-2;1-2/h10-13,18-20H,3,5-7,9,14-15H2,1-2H3;3-4H2,1-2H3;2H,1H3. The molecule has 0 aromatic heterocycles. The first-order chi connectivity index (χ1) is 13.2. The van der Waals surface area contributed by atoms with Crippen LogP contribution in [0, 0.1) is 17.8 Å². The van der Waals surface area contributed by atoms with E-state index in [4.69, 9.17) is 16.7 Å². The molecular formula is C25H41ClO. The van der Waals surface area contributed by atoms with Crippen LogP contribution in [0.4, 0.5) is 0 Å². The highest BCUT2D eigenvalue weighted by Crippen LogP contribution is 2.42. The summed E-state index contributed by atoms with van der Waals surface area (Å²) in [4.78, 5) is 0. The number of unbranched alkanes of at least 4 members (excludes halogenated alkanes) is 4. The average Bonchev–Trinajstić information content (AvgIpc) is 3.08. The van der Waals surface area contributed by atoms with Gasteiger partial charge in [-0.1, -0.05) is 83.1 Å². The van der Waals surface area contributed by atoms with Crippen molar-refractivity contribution in [1.82, 2.24) is 0 Å². The lowest BCUT2D eigenvalue weighted by molar-refractivity contribution is 0.399. The van der Waals surface area contributed by atoms with E-state index in [9.17, 15) is 0 Å². The molecule has 0 amide bonds. The van der Waals surface area contributed by atoms with Gasteiger partial charge in [0.25, 0.3) is 0 Å². The van der Waals surface area contributed by atoms with E-state index < -0.39 is 0 Å². The largest absolute Gasteiger partial charge is 0.400 e. The maximum Gasteiger partial charge on any atom is 0.0479 e. The minimum Gasteiger partial charge on any atom is -0.400 e. The maximum atomic E-state index is 7.00. The number of benzene rings is 1. The highest BCUT2D eigenvalue weighted by molar-refractivity contribution is 6.21. The Morgan fingerprint density at radius 1 is 0.926 bits per heavy atom. The van der Waals surface area contributed by atoms with Crippen LogP contribution in [-0.2, 0) is 6.42 Å². The number of halogens is 1. The smallest absolute Gasteiger partial charge is 0.0479 e. The van der Waals surface area contributed by atoms with Gasteiger partial charge in [0.05, 0.1) is 0 Å². The quantitative estimate of drug-likeness (QED) is 0.292. The second kappa shape index (κ2) is 17.2. The van der Waals surface area contributed by atoms with Crippen LogP contribution in [0.1, 0.15) is 96.1 Å². The van der Waals surface area contributed by atoms with Crippen molar-refractivity contribution in [3.63, 3.8) is 0 Å². The van der Waals surface area contributed by atoms with Gasteiger partial charge < -0.3 is 5.11 Å². The van der Waals surface area contributed by atoms with Crippen LogP contribution in [0.2, 0.25) is 0 Å². The molecule has 2 heteroatoms. The summed E-state index contributed by atoms with van der Waals surface area (Å²) in [5.41, 5.74) is 2.89. The van der Waals surface area contributed by atoms with Gasteiger partial charge in [-0.25, -0.2) is 0 Å². The van der Waals surface area contributed by atoms with E-state index in [1.165, 1.54) is 62.5 Å². The zero-order valence-corrected chi connectivity index (χ0v) is 19.0. The van der Waals surface area contributed by atoms with E-state index in [1.807, 2.05) is 6.92 Å². The molecule has 1 fully saturated rings. The van der Waals surface area contributed by atoms with Crippen LogP contribution in [0.15, 0.2) is 24.3 Å². The van der Waals surface area contributed by atoms with Crippen molar-refractivity contribution in [3.8, 4) is 11.8 Å². The molecule has 3 unspecified atom stereocenters. The van der Waals surface area contributed by atoms with E-state index in [0.717, 1.165) is 13.5 Å². The Hall–Kier alpha value is -0.970. The van der Waals surface area contributed by atoms with Gasteiger partial charge in [0.1, 0.15) is 0 Å². The molecule has 0 saturated heterocycles. The molecule has 1 saturated carbocycles. The molecule has 1 aliphatic rings. The summed E-state index contributed by atoms with van der Waals surface area (Å²) in [6, 6.07) is 9.22. The molecule has 2 rings (SSSR count). The molecule has 0 radical (unpaired) electrons. The van der Waals surface area contributed by atoms with Crippen LogP contribution >= 0.6 is 11.6 Å². The number of aliphatic hydroxyl groups excluding tert-OH is 1. The van der Waals surface area contributed by atoms with E-state index in [2.05, 4.69) is 56.9 Å². The van der Waals surface area contributed by atoms with Crippen LogP contribution in [0.3, 0.4) is 0 Å². The molecular weight excluding hydrogens is 352 g/mol. The van der Waals surface area contributed by atoms with Gasteiger partial charge in [0.15, 0.2) is 0 Å². The Bertz CT molecular complexity index is 509. The first-order valence-electron chi connectivity index (χ1n) is 10.8. The molecule has 1 nitrogen and oxygen atoms in total. The van der Waals surface area contributed by atoms with Crippen LogP contribution in [-0.4, -0.2) is 17.6 Å². The lowest BCUT2D eigenvalue weighted by Gasteiger charge is -2.17. The number of hydrogen-bond donors (Lipinski definition) is 1. The van der Waals surface area contributed by atoms with Crippen molar-refractivity contribution in [2.24, 2.45) is 5.92 Å². The van der Waals surface area contributed by atoms with Gasteiger partial charge in [0, 0.05) is 18.4 Å². The minimum atomic E-state index is 0.219. The summed E-state index contributed by atoms with van der Waals surface area (Å²) in [5, 5.41) is 7.22. The van der Waals surface area contributed by atoms with Gasteiger partial charge in [-0.2, -0.15) is 0 Å². The van der Waals surface area contributed by atoms with Gasteiger partial charge in [0.2, 0.25) is 0 Å². The Labute approximate surface area is 173 Å². The maximum absolute atomic E-state index is 7.00.